The largest absolute Gasteiger partial charge is 0.497 e. The number of ether oxygens (including phenoxy) is 3. The lowest BCUT2D eigenvalue weighted by Crippen LogP contribution is -2.35. The van der Waals surface area contributed by atoms with Gasteiger partial charge in [0.15, 0.2) is 0 Å². The summed E-state index contributed by atoms with van der Waals surface area (Å²) in [6.07, 6.45) is 0. The van der Waals surface area contributed by atoms with Gasteiger partial charge in [-0.3, -0.25) is 9.59 Å². The van der Waals surface area contributed by atoms with Crippen molar-refractivity contribution in [1.29, 1.82) is 0 Å². The van der Waals surface area contributed by atoms with Gasteiger partial charge in [-0.2, -0.15) is 0 Å². The van der Waals surface area contributed by atoms with E-state index in [1.54, 1.807) is 63.8 Å². The molecular formula is C19H17NO5. The molecule has 0 spiro atoms. The molecule has 1 N–H and O–H groups in total. The number of benzene rings is 2. The molecule has 0 fully saturated rings. The van der Waals surface area contributed by atoms with E-state index >= 15 is 0 Å². The summed E-state index contributed by atoms with van der Waals surface area (Å²) in [5.41, 5.74) is 0.802. The Bertz CT molecular complexity index is 946. The van der Waals surface area contributed by atoms with Crippen LogP contribution in [0.4, 0.5) is 11.4 Å². The minimum atomic E-state index is -0.549. The van der Waals surface area contributed by atoms with E-state index in [1.165, 1.54) is 0 Å². The average Bonchev–Trinajstić information content (AvgIpc) is 2.67. The van der Waals surface area contributed by atoms with Crippen LogP contribution in [0.3, 0.4) is 0 Å². The molecule has 0 aromatic heterocycles. The summed E-state index contributed by atoms with van der Waals surface area (Å²) in [4.78, 5) is 24.1. The Morgan fingerprint density at radius 2 is 1.28 bits per heavy atom. The topological polar surface area (TPSA) is 73.9 Å². The van der Waals surface area contributed by atoms with Crippen molar-refractivity contribution in [3.8, 4) is 28.4 Å². The predicted octanol–water partition coefficient (Wildman–Crippen LogP) is 2.72. The number of nitrogens with one attached hydrogen (secondary N) is 1. The van der Waals surface area contributed by atoms with Gasteiger partial charge in [0, 0.05) is 23.9 Å². The van der Waals surface area contributed by atoms with Gasteiger partial charge >= 0.3 is 0 Å². The van der Waals surface area contributed by atoms with E-state index < -0.39 is 10.9 Å². The number of anilines is 2. The van der Waals surface area contributed by atoms with Crippen LogP contribution in [-0.4, -0.2) is 21.3 Å². The van der Waals surface area contributed by atoms with Gasteiger partial charge in [0.25, 0.3) is 5.43 Å². The molecule has 0 amide bonds. The molecule has 0 atom stereocenters. The molecule has 0 unspecified atom stereocenters. The van der Waals surface area contributed by atoms with Gasteiger partial charge in [0.1, 0.15) is 22.9 Å². The second-order valence-electron chi connectivity index (χ2n) is 5.36. The zero-order chi connectivity index (χ0) is 18.0. The summed E-state index contributed by atoms with van der Waals surface area (Å²) < 4.78 is 15.5. The molecule has 6 heteroatoms. The van der Waals surface area contributed by atoms with Gasteiger partial charge in [-0.15, -0.1) is 0 Å². The van der Waals surface area contributed by atoms with Crippen LogP contribution in [0.5, 0.6) is 17.2 Å². The third kappa shape index (κ3) is 3.06. The van der Waals surface area contributed by atoms with E-state index in [9.17, 15) is 9.59 Å². The molecule has 3 rings (SSSR count). The Labute approximate surface area is 144 Å². The maximum absolute atomic E-state index is 12.0. The summed E-state index contributed by atoms with van der Waals surface area (Å²) in [5.74, 6) is 1.83. The fraction of sp³-hybridized carbons (Fsp3) is 0.158. The summed E-state index contributed by atoms with van der Waals surface area (Å²) in [6.45, 7) is 0. The number of rotatable bonds is 6. The molecule has 0 aliphatic heterocycles. The van der Waals surface area contributed by atoms with Crippen LogP contribution in [0.25, 0.3) is 11.1 Å². The monoisotopic (exact) mass is 339 g/mol. The van der Waals surface area contributed by atoms with E-state index in [0.29, 0.717) is 34.1 Å². The summed E-state index contributed by atoms with van der Waals surface area (Å²) in [5, 5.41) is 3.00. The van der Waals surface area contributed by atoms with Crippen molar-refractivity contribution in [1.82, 2.24) is 0 Å². The van der Waals surface area contributed by atoms with Crippen molar-refractivity contribution < 1.29 is 14.2 Å². The summed E-state index contributed by atoms with van der Waals surface area (Å²) in [6, 6.07) is 12.1. The first-order valence-electron chi connectivity index (χ1n) is 7.55. The minimum absolute atomic E-state index is 0.255. The third-order valence-electron chi connectivity index (χ3n) is 3.91. The van der Waals surface area contributed by atoms with Crippen molar-refractivity contribution in [2.75, 3.05) is 26.6 Å². The van der Waals surface area contributed by atoms with Gasteiger partial charge in [-0.25, -0.2) is 0 Å². The Kier molecular flexibility index (Phi) is 4.43. The van der Waals surface area contributed by atoms with E-state index in [-0.39, 0.29) is 5.69 Å². The maximum Gasteiger partial charge on any atom is 0.250 e. The zero-order valence-electron chi connectivity index (χ0n) is 14.1. The molecule has 0 saturated heterocycles. The van der Waals surface area contributed by atoms with Crippen LogP contribution in [-0.2, 0) is 0 Å². The normalized spacial score (nSPS) is 10.5. The smallest absolute Gasteiger partial charge is 0.250 e. The van der Waals surface area contributed by atoms with E-state index in [4.69, 9.17) is 14.2 Å². The van der Waals surface area contributed by atoms with Gasteiger partial charge in [0.2, 0.25) is 5.43 Å². The van der Waals surface area contributed by atoms with E-state index in [0.717, 1.165) is 0 Å². The van der Waals surface area contributed by atoms with Gasteiger partial charge in [0.05, 0.1) is 26.9 Å². The quantitative estimate of drug-likeness (QED) is 0.696. The van der Waals surface area contributed by atoms with Crippen LogP contribution < -0.4 is 30.4 Å². The van der Waals surface area contributed by atoms with Gasteiger partial charge < -0.3 is 19.5 Å². The predicted molar refractivity (Wildman–Crippen MR) is 96.2 cm³/mol. The van der Waals surface area contributed by atoms with Crippen molar-refractivity contribution in [3.05, 3.63) is 62.9 Å². The fourth-order valence-electron chi connectivity index (χ4n) is 2.57. The molecule has 0 saturated carbocycles. The van der Waals surface area contributed by atoms with Crippen molar-refractivity contribution in [2.45, 2.75) is 0 Å². The first-order valence-corrected chi connectivity index (χ1v) is 7.55. The first kappa shape index (κ1) is 16.6. The molecule has 0 bridgehead atoms. The highest BCUT2D eigenvalue weighted by atomic mass is 16.5. The van der Waals surface area contributed by atoms with Gasteiger partial charge in [-0.1, -0.05) is 12.1 Å². The third-order valence-corrected chi connectivity index (χ3v) is 3.91. The lowest BCUT2D eigenvalue weighted by atomic mass is 9.98. The highest BCUT2D eigenvalue weighted by Gasteiger charge is 2.22. The molecular weight excluding hydrogens is 322 g/mol. The highest BCUT2D eigenvalue weighted by molar-refractivity contribution is 5.85. The lowest BCUT2D eigenvalue weighted by Gasteiger charge is -2.15. The summed E-state index contributed by atoms with van der Waals surface area (Å²) >= 11 is 0. The van der Waals surface area contributed by atoms with Crippen LogP contribution in [0, 0.1) is 0 Å². The molecule has 6 nitrogen and oxygen atoms in total. The number of hydrogen-bond donors (Lipinski definition) is 1. The molecule has 0 heterocycles. The molecule has 3 aromatic rings. The van der Waals surface area contributed by atoms with Crippen molar-refractivity contribution in [2.24, 2.45) is 0 Å². The Morgan fingerprint density at radius 3 is 1.80 bits per heavy atom. The second kappa shape index (κ2) is 6.68. The number of methoxy groups -OCH3 is 3. The second-order valence-corrected chi connectivity index (χ2v) is 5.36. The zero-order valence-corrected chi connectivity index (χ0v) is 14.1. The van der Waals surface area contributed by atoms with Crippen LogP contribution >= 0.6 is 0 Å². The molecule has 3 aromatic carbocycles. The first-order chi connectivity index (χ1) is 12.1. The lowest BCUT2D eigenvalue weighted by molar-refractivity contribution is 0.395. The fourth-order valence-corrected chi connectivity index (χ4v) is 2.57. The maximum atomic E-state index is 12.0. The summed E-state index contributed by atoms with van der Waals surface area (Å²) in [7, 11) is 4.65. The average molecular weight is 339 g/mol. The van der Waals surface area contributed by atoms with Crippen LogP contribution in [0.2, 0.25) is 0 Å². The molecule has 0 aliphatic carbocycles. The SMILES string of the molecule is COc1ccc(-c2c(Nc3cc(OC)cc(OC)c3)c(=O)c2=O)cc1. The van der Waals surface area contributed by atoms with Crippen molar-refractivity contribution >= 4 is 11.4 Å². The van der Waals surface area contributed by atoms with E-state index in [2.05, 4.69) is 5.32 Å². The molecule has 25 heavy (non-hydrogen) atoms. The standard InChI is InChI=1S/C19H17NO5/c1-23-13-6-4-11(5-7-13)16-17(19(22)18(16)21)20-12-8-14(24-2)10-15(9-12)25-3/h4-10,20H,1-3H3. The molecule has 0 radical (unpaired) electrons. The Morgan fingerprint density at radius 1 is 0.720 bits per heavy atom. The Hall–Kier alpha value is -3.28. The van der Waals surface area contributed by atoms with Crippen molar-refractivity contribution in [3.63, 3.8) is 0 Å². The van der Waals surface area contributed by atoms with Gasteiger partial charge in [-0.05, 0) is 17.7 Å². The molecule has 0 aliphatic rings. The minimum Gasteiger partial charge on any atom is -0.497 e. The van der Waals surface area contributed by atoms with Crippen LogP contribution in [0.15, 0.2) is 52.1 Å². The number of hydrogen-bond acceptors (Lipinski definition) is 6. The molecule has 128 valence electrons. The Balaban J connectivity index is 1.98. The van der Waals surface area contributed by atoms with E-state index in [1.807, 2.05) is 0 Å². The highest BCUT2D eigenvalue weighted by Crippen LogP contribution is 2.31. The van der Waals surface area contributed by atoms with Crippen LogP contribution in [0.1, 0.15) is 0 Å².